The van der Waals surface area contributed by atoms with Gasteiger partial charge in [-0.3, -0.25) is 9.78 Å². The van der Waals surface area contributed by atoms with Gasteiger partial charge in [-0.25, -0.2) is 0 Å². The number of pyridine rings is 1. The number of aromatic nitrogens is 1. The maximum atomic E-state index is 12.0. The quantitative estimate of drug-likeness (QED) is 0.786. The van der Waals surface area contributed by atoms with Gasteiger partial charge in [-0.2, -0.15) is 0 Å². The summed E-state index contributed by atoms with van der Waals surface area (Å²) in [6, 6.07) is 1.71. The van der Waals surface area contributed by atoms with Crippen LogP contribution in [-0.2, 0) is 16.0 Å². The molecule has 0 amide bonds. The topological polar surface area (TPSA) is 65.2 Å². The fraction of sp³-hybridized carbons (Fsp3) is 0.538. The summed E-state index contributed by atoms with van der Waals surface area (Å²) in [6.45, 7) is 4.49. The van der Waals surface area contributed by atoms with Crippen LogP contribution in [0.5, 0.6) is 0 Å². The molecule has 0 bridgehead atoms. The van der Waals surface area contributed by atoms with Gasteiger partial charge in [0.05, 0.1) is 0 Å². The number of Topliss-reactive ketones (excluding diaryl/α,β-unsaturated/α-hetero) is 1. The smallest absolute Gasteiger partial charge is 0.166 e. The van der Waals surface area contributed by atoms with E-state index in [2.05, 4.69) is 4.98 Å². The fourth-order valence-electron chi connectivity index (χ4n) is 1.69. The molecular weight excluding hydrogens is 216 g/mol. The molecule has 0 spiro atoms. The van der Waals surface area contributed by atoms with Crippen molar-refractivity contribution in [2.75, 3.05) is 12.3 Å². The Morgan fingerprint density at radius 2 is 2.29 bits per heavy atom. The van der Waals surface area contributed by atoms with Crippen molar-refractivity contribution in [1.82, 2.24) is 4.98 Å². The van der Waals surface area contributed by atoms with Crippen molar-refractivity contribution in [3.8, 4) is 0 Å². The highest BCUT2D eigenvalue weighted by Crippen LogP contribution is 2.13. The number of ether oxygens (including phenoxy) is 1. The molecule has 0 saturated heterocycles. The zero-order valence-corrected chi connectivity index (χ0v) is 10.5. The Morgan fingerprint density at radius 1 is 1.53 bits per heavy atom. The molecule has 1 aromatic heterocycles. The molecule has 94 valence electrons. The monoisotopic (exact) mass is 236 g/mol. The average molecular weight is 236 g/mol. The van der Waals surface area contributed by atoms with Gasteiger partial charge in [0.15, 0.2) is 5.78 Å². The van der Waals surface area contributed by atoms with Crippen LogP contribution in [0.2, 0.25) is 0 Å². The molecule has 0 fully saturated rings. The Hall–Kier alpha value is -1.42. The molecule has 1 rings (SSSR count). The lowest BCUT2D eigenvalue weighted by atomic mass is 10.0. The van der Waals surface area contributed by atoms with Gasteiger partial charge in [0.1, 0.15) is 6.10 Å². The van der Waals surface area contributed by atoms with Crippen LogP contribution in [-0.4, -0.2) is 23.5 Å². The fourth-order valence-corrected chi connectivity index (χ4v) is 1.69. The predicted molar refractivity (Wildman–Crippen MR) is 67.7 cm³/mol. The van der Waals surface area contributed by atoms with Crippen LogP contribution in [0.4, 0.5) is 5.69 Å². The van der Waals surface area contributed by atoms with Gasteiger partial charge < -0.3 is 10.5 Å². The van der Waals surface area contributed by atoms with Crippen molar-refractivity contribution in [3.05, 3.63) is 24.0 Å². The molecule has 17 heavy (non-hydrogen) atoms. The van der Waals surface area contributed by atoms with E-state index in [-0.39, 0.29) is 11.9 Å². The van der Waals surface area contributed by atoms with Crippen molar-refractivity contribution in [3.63, 3.8) is 0 Å². The van der Waals surface area contributed by atoms with E-state index >= 15 is 0 Å². The third kappa shape index (κ3) is 4.15. The lowest BCUT2D eigenvalue weighted by Crippen LogP contribution is -2.26. The lowest BCUT2D eigenvalue weighted by molar-refractivity contribution is -0.130. The predicted octanol–water partition coefficient (Wildman–Crippen LogP) is 1.98. The second-order valence-corrected chi connectivity index (χ2v) is 3.95. The van der Waals surface area contributed by atoms with E-state index in [1.165, 1.54) is 0 Å². The van der Waals surface area contributed by atoms with Crippen LogP contribution >= 0.6 is 0 Å². The summed E-state index contributed by atoms with van der Waals surface area (Å²) in [5, 5.41) is 0. The van der Waals surface area contributed by atoms with Crippen LogP contribution in [0, 0.1) is 0 Å². The molecule has 0 radical (unpaired) electrons. The second kappa shape index (κ2) is 7.01. The summed E-state index contributed by atoms with van der Waals surface area (Å²) in [4.78, 5) is 16.0. The second-order valence-electron chi connectivity index (χ2n) is 3.95. The summed E-state index contributed by atoms with van der Waals surface area (Å²) in [7, 11) is 0. The zero-order valence-electron chi connectivity index (χ0n) is 10.5. The van der Waals surface area contributed by atoms with E-state index in [0.717, 1.165) is 18.4 Å². The van der Waals surface area contributed by atoms with E-state index in [1.54, 1.807) is 18.5 Å². The SMILES string of the molecule is CCCC(OCC)C(=O)Cc1cnccc1N. The number of ketones is 1. The zero-order chi connectivity index (χ0) is 12.7. The lowest BCUT2D eigenvalue weighted by Gasteiger charge is -2.15. The molecule has 1 heterocycles. The third-order valence-corrected chi connectivity index (χ3v) is 2.58. The van der Waals surface area contributed by atoms with E-state index in [0.29, 0.717) is 18.7 Å². The van der Waals surface area contributed by atoms with Gasteiger partial charge in [-0.1, -0.05) is 13.3 Å². The van der Waals surface area contributed by atoms with E-state index < -0.39 is 0 Å². The molecule has 0 aromatic carbocycles. The Kier molecular flexibility index (Phi) is 5.63. The first-order valence-electron chi connectivity index (χ1n) is 6.01. The van der Waals surface area contributed by atoms with E-state index in [9.17, 15) is 4.79 Å². The molecule has 2 N–H and O–H groups in total. The Bertz CT molecular complexity index is 360. The van der Waals surface area contributed by atoms with Gasteiger partial charge in [0.25, 0.3) is 0 Å². The molecule has 0 aliphatic carbocycles. The Morgan fingerprint density at radius 3 is 2.88 bits per heavy atom. The number of hydrogen-bond donors (Lipinski definition) is 1. The van der Waals surface area contributed by atoms with Crippen LogP contribution < -0.4 is 5.73 Å². The van der Waals surface area contributed by atoms with Crippen LogP contribution in [0.1, 0.15) is 32.3 Å². The van der Waals surface area contributed by atoms with Crippen LogP contribution in [0.25, 0.3) is 0 Å². The van der Waals surface area contributed by atoms with E-state index in [4.69, 9.17) is 10.5 Å². The summed E-state index contributed by atoms with van der Waals surface area (Å²) in [6.07, 6.45) is 4.93. The molecule has 0 saturated carbocycles. The number of carbonyl (C=O) groups excluding carboxylic acids is 1. The number of nitrogen functional groups attached to an aromatic ring is 1. The summed E-state index contributed by atoms with van der Waals surface area (Å²) >= 11 is 0. The number of nitrogens with zero attached hydrogens (tertiary/aromatic N) is 1. The number of nitrogens with two attached hydrogens (primary N) is 1. The minimum Gasteiger partial charge on any atom is -0.398 e. The van der Waals surface area contributed by atoms with Gasteiger partial charge >= 0.3 is 0 Å². The van der Waals surface area contributed by atoms with Gasteiger partial charge in [0, 0.05) is 36.7 Å². The minimum atomic E-state index is -0.315. The first-order chi connectivity index (χ1) is 8.19. The molecule has 1 aromatic rings. The molecule has 1 unspecified atom stereocenters. The van der Waals surface area contributed by atoms with Gasteiger partial charge in [-0.05, 0) is 19.4 Å². The van der Waals surface area contributed by atoms with Gasteiger partial charge in [-0.15, -0.1) is 0 Å². The van der Waals surface area contributed by atoms with Crippen LogP contribution in [0.3, 0.4) is 0 Å². The summed E-state index contributed by atoms with van der Waals surface area (Å²) in [5.41, 5.74) is 7.17. The Labute approximate surface area is 102 Å². The summed E-state index contributed by atoms with van der Waals surface area (Å²) in [5.74, 6) is 0.0772. The van der Waals surface area contributed by atoms with Crippen molar-refractivity contribution in [1.29, 1.82) is 0 Å². The third-order valence-electron chi connectivity index (χ3n) is 2.58. The first-order valence-corrected chi connectivity index (χ1v) is 6.01. The highest BCUT2D eigenvalue weighted by atomic mass is 16.5. The highest BCUT2D eigenvalue weighted by molar-refractivity contribution is 5.86. The largest absolute Gasteiger partial charge is 0.398 e. The van der Waals surface area contributed by atoms with E-state index in [1.807, 2.05) is 13.8 Å². The molecule has 4 nitrogen and oxygen atoms in total. The first kappa shape index (κ1) is 13.6. The number of rotatable bonds is 7. The molecule has 0 aliphatic heterocycles. The molecule has 0 aliphatic rings. The standard InChI is InChI=1S/C13H20N2O2/c1-3-5-13(17-4-2)12(16)8-10-9-15-7-6-11(10)14/h6-7,9,13H,3-5,8H2,1-2H3,(H2,14,15). The van der Waals surface area contributed by atoms with Crippen molar-refractivity contribution >= 4 is 11.5 Å². The van der Waals surface area contributed by atoms with Crippen molar-refractivity contribution < 1.29 is 9.53 Å². The highest BCUT2D eigenvalue weighted by Gasteiger charge is 2.18. The van der Waals surface area contributed by atoms with Crippen molar-refractivity contribution in [2.24, 2.45) is 0 Å². The normalized spacial score (nSPS) is 12.4. The number of carbonyl (C=O) groups is 1. The Balaban J connectivity index is 2.66. The minimum absolute atomic E-state index is 0.0772. The molecule has 4 heteroatoms. The average Bonchev–Trinajstić information content (AvgIpc) is 2.32. The number of anilines is 1. The van der Waals surface area contributed by atoms with Crippen molar-refractivity contribution in [2.45, 2.75) is 39.2 Å². The maximum absolute atomic E-state index is 12.0. The number of hydrogen-bond acceptors (Lipinski definition) is 4. The maximum Gasteiger partial charge on any atom is 0.166 e. The summed E-state index contributed by atoms with van der Waals surface area (Å²) < 4.78 is 5.45. The van der Waals surface area contributed by atoms with Gasteiger partial charge in [0.2, 0.25) is 0 Å². The molecule has 1 atom stereocenters. The van der Waals surface area contributed by atoms with Crippen LogP contribution in [0.15, 0.2) is 18.5 Å². The molecular formula is C13H20N2O2.